The Morgan fingerprint density at radius 2 is 1.43 bits per heavy atom. The third kappa shape index (κ3) is 4.54. The molecule has 0 fully saturated rings. The van der Waals surface area contributed by atoms with Gasteiger partial charge < -0.3 is 10.2 Å². The molecule has 0 aliphatic heterocycles. The van der Waals surface area contributed by atoms with E-state index in [9.17, 15) is 0 Å². The lowest BCUT2D eigenvalue weighted by Gasteiger charge is -1.93. The van der Waals surface area contributed by atoms with Gasteiger partial charge in [-0.05, 0) is 0 Å². The summed E-state index contributed by atoms with van der Waals surface area (Å²) in [5.41, 5.74) is 0.454. The van der Waals surface area contributed by atoms with Gasteiger partial charge in [0.25, 0.3) is 6.20 Å². The maximum atomic E-state index is 8.87. The summed E-state index contributed by atoms with van der Waals surface area (Å²) in [4.78, 5) is 0. The molecular formula is C10H20NO3+. The van der Waals surface area contributed by atoms with Crippen LogP contribution in [0.1, 0.15) is 33.4 Å². The average molecular weight is 202 g/mol. The van der Waals surface area contributed by atoms with Crippen LogP contribution in [0.25, 0.3) is 0 Å². The monoisotopic (exact) mass is 202 g/mol. The fraction of sp³-hybridized carbons (Fsp3) is 0.500. The number of aryl methyl sites for hydroxylation is 1. The number of aromatic nitrogens is 1. The van der Waals surface area contributed by atoms with Crippen LogP contribution in [0.15, 0.2) is 12.3 Å². The molecule has 0 aliphatic rings. The Bertz CT molecular complexity index is 212. The standard InChI is InChI=1S/C6H7NO3.2C2H6/c1-4-2-5(8)6(9)3-7(4)10;2*1-2/h2-3,9-10H,1H3;2*1-2H3/p+1. The Labute approximate surface area is 85.0 Å². The largest absolute Gasteiger partial charge is 0.504 e. The number of hydrogen-bond acceptors (Lipinski definition) is 3. The van der Waals surface area contributed by atoms with Crippen LogP contribution in [0, 0.1) is 6.92 Å². The van der Waals surface area contributed by atoms with Crippen molar-refractivity contribution in [2.75, 3.05) is 0 Å². The fourth-order valence-electron chi connectivity index (χ4n) is 0.622. The second-order valence-electron chi connectivity index (χ2n) is 2.03. The lowest BCUT2D eigenvalue weighted by Crippen LogP contribution is -2.32. The third-order valence-electron chi connectivity index (χ3n) is 1.21. The third-order valence-corrected chi connectivity index (χ3v) is 1.21. The van der Waals surface area contributed by atoms with Crippen molar-refractivity contribution in [3.8, 4) is 11.5 Å². The number of hydrogen-bond donors (Lipinski definition) is 3. The molecule has 0 amide bonds. The van der Waals surface area contributed by atoms with Crippen LogP contribution in [0.2, 0.25) is 0 Å². The van der Waals surface area contributed by atoms with Crippen LogP contribution < -0.4 is 4.73 Å². The molecule has 0 saturated heterocycles. The molecule has 1 aromatic rings. The highest BCUT2D eigenvalue weighted by molar-refractivity contribution is 5.33. The quantitative estimate of drug-likeness (QED) is 0.445. The van der Waals surface area contributed by atoms with E-state index in [1.54, 1.807) is 6.92 Å². The molecule has 0 atom stereocenters. The maximum Gasteiger partial charge on any atom is 0.267 e. The molecule has 1 rings (SSSR count). The van der Waals surface area contributed by atoms with E-state index in [2.05, 4.69) is 0 Å². The van der Waals surface area contributed by atoms with E-state index in [-0.39, 0.29) is 11.5 Å². The molecular weight excluding hydrogens is 182 g/mol. The van der Waals surface area contributed by atoms with Crippen LogP contribution >= 0.6 is 0 Å². The van der Waals surface area contributed by atoms with Gasteiger partial charge in [0.2, 0.25) is 11.4 Å². The second kappa shape index (κ2) is 8.16. The van der Waals surface area contributed by atoms with Crippen LogP contribution in [0.5, 0.6) is 11.5 Å². The minimum absolute atomic E-state index is 0.234. The zero-order valence-corrected chi connectivity index (χ0v) is 9.44. The Hall–Kier alpha value is -1.45. The summed E-state index contributed by atoms with van der Waals surface area (Å²) in [7, 11) is 0. The molecule has 3 N–H and O–H groups in total. The molecule has 0 aliphatic carbocycles. The minimum Gasteiger partial charge on any atom is -0.504 e. The van der Waals surface area contributed by atoms with E-state index in [1.165, 1.54) is 6.07 Å². The summed E-state index contributed by atoms with van der Waals surface area (Å²) in [6, 6.07) is 1.26. The van der Waals surface area contributed by atoms with Gasteiger partial charge in [-0.2, -0.15) is 0 Å². The number of pyridine rings is 1. The van der Waals surface area contributed by atoms with Crippen molar-refractivity contribution >= 4 is 0 Å². The lowest BCUT2D eigenvalue weighted by atomic mass is 10.3. The summed E-state index contributed by atoms with van der Waals surface area (Å²) in [6.45, 7) is 9.60. The van der Waals surface area contributed by atoms with Crippen molar-refractivity contribution in [2.45, 2.75) is 34.6 Å². The van der Waals surface area contributed by atoms with Gasteiger partial charge in [0.05, 0.1) is 6.07 Å². The van der Waals surface area contributed by atoms with Crippen LogP contribution in [-0.2, 0) is 0 Å². The molecule has 0 unspecified atom stereocenters. The van der Waals surface area contributed by atoms with Gasteiger partial charge in [-0.25, -0.2) is 0 Å². The normalized spacial score (nSPS) is 7.79. The van der Waals surface area contributed by atoms with Crippen molar-refractivity contribution in [3.05, 3.63) is 18.0 Å². The second-order valence-corrected chi connectivity index (χ2v) is 2.03. The molecule has 82 valence electrons. The topological polar surface area (TPSA) is 64.6 Å². The lowest BCUT2D eigenvalue weighted by molar-refractivity contribution is -0.909. The van der Waals surface area contributed by atoms with Crippen molar-refractivity contribution in [1.29, 1.82) is 0 Å². The molecule has 0 saturated carbocycles. The van der Waals surface area contributed by atoms with E-state index in [0.29, 0.717) is 5.69 Å². The fourth-order valence-corrected chi connectivity index (χ4v) is 0.622. The summed E-state index contributed by atoms with van der Waals surface area (Å²) in [5.74, 6) is -0.573. The van der Waals surface area contributed by atoms with Gasteiger partial charge in [0, 0.05) is 11.7 Å². The average Bonchev–Trinajstić information content (AvgIpc) is 2.21. The van der Waals surface area contributed by atoms with Gasteiger partial charge >= 0.3 is 0 Å². The molecule has 1 heterocycles. The number of rotatable bonds is 0. The predicted molar refractivity (Wildman–Crippen MR) is 54.6 cm³/mol. The van der Waals surface area contributed by atoms with Gasteiger partial charge in [0.15, 0.2) is 5.75 Å². The molecule has 0 radical (unpaired) electrons. The number of nitrogens with zero attached hydrogens (tertiary/aromatic N) is 1. The van der Waals surface area contributed by atoms with Gasteiger partial charge in [-0.1, -0.05) is 27.7 Å². The Morgan fingerprint density at radius 3 is 1.79 bits per heavy atom. The highest BCUT2D eigenvalue weighted by Gasteiger charge is 2.10. The summed E-state index contributed by atoms with van der Waals surface area (Å²) >= 11 is 0. The summed E-state index contributed by atoms with van der Waals surface area (Å²) < 4.78 is 0.731. The smallest absolute Gasteiger partial charge is 0.267 e. The first kappa shape index (κ1) is 15.0. The molecule has 0 bridgehead atoms. The highest BCUT2D eigenvalue weighted by Crippen LogP contribution is 2.20. The molecule has 0 aromatic carbocycles. The van der Waals surface area contributed by atoms with Gasteiger partial charge in [0.1, 0.15) is 0 Å². The molecule has 4 nitrogen and oxygen atoms in total. The Morgan fingerprint density at radius 1 is 1.00 bits per heavy atom. The SMILES string of the molecule is CC.CC.Cc1cc(O)c(O)c[n+]1O. The van der Waals surface area contributed by atoms with Crippen LogP contribution in [-0.4, -0.2) is 15.4 Å². The number of aromatic hydroxyl groups is 2. The van der Waals surface area contributed by atoms with E-state index >= 15 is 0 Å². The first-order valence-corrected chi connectivity index (χ1v) is 4.75. The zero-order chi connectivity index (χ0) is 11.7. The first-order chi connectivity index (χ1) is 6.61. The van der Waals surface area contributed by atoms with Crippen LogP contribution in [0.3, 0.4) is 0 Å². The van der Waals surface area contributed by atoms with E-state index < -0.39 is 0 Å². The zero-order valence-electron chi connectivity index (χ0n) is 9.44. The van der Waals surface area contributed by atoms with Gasteiger partial charge in [-0.15, -0.1) is 0 Å². The summed E-state index contributed by atoms with van der Waals surface area (Å²) in [5, 5.41) is 26.5. The van der Waals surface area contributed by atoms with Crippen molar-refractivity contribution in [2.24, 2.45) is 0 Å². The molecule has 1 aromatic heterocycles. The maximum absolute atomic E-state index is 8.87. The predicted octanol–water partition coefficient (Wildman–Crippen LogP) is 1.98. The Balaban J connectivity index is 0. The first-order valence-electron chi connectivity index (χ1n) is 4.75. The minimum atomic E-state index is -0.340. The van der Waals surface area contributed by atoms with Crippen LogP contribution in [0.4, 0.5) is 0 Å². The molecule has 4 heteroatoms. The molecule has 0 spiro atoms. The van der Waals surface area contributed by atoms with E-state index in [1.807, 2.05) is 27.7 Å². The van der Waals surface area contributed by atoms with Crippen molar-refractivity contribution in [3.63, 3.8) is 0 Å². The summed E-state index contributed by atoms with van der Waals surface area (Å²) in [6.07, 6.45) is 1.02. The molecule has 14 heavy (non-hydrogen) atoms. The highest BCUT2D eigenvalue weighted by atomic mass is 16.5. The van der Waals surface area contributed by atoms with Crippen molar-refractivity contribution < 1.29 is 20.2 Å². The van der Waals surface area contributed by atoms with Crippen molar-refractivity contribution in [1.82, 2.24) is 0 Å². The van der Waals surface area contributed by atoms with Gasteiger partial charge in [-0.3, -0.25) is 5.21 Å². The van der Waals surface area contributed by atoms with E-state index in [0.717, 1.165) is 10.9 Å². The van der Waals surface area contributed by atoms with E-state index in [4.69, 9.17) is 15.4 Å². The Kier molecular flexibility index (Phi) is 8.77.